The molecule has 2 atom stereocenters. The van der Waals surface area contributed by atoms with Crippen molar-refractivity contribution < 1.29 is 4.79 Å². The summed E-state index contributed by atoms with van der Waals surface area (Å²) in [5.41, 5.74) is 0.295. The number of pyridine rings is 1. The van der Waals surface area contributed by atoms with E-state index in [1.165, 1.54) is 6.42 Å². The third-order valence-electron chi connectivity index (χ3n) is 3.35. The normalized spacial score (nSPS) is 22.8. The van der Waals surface area contributed by atoms with Gasteiger partial charge in [-0.2, -0.15) is 0 Å². The molecule has 0 saturated heterocycles. The zero-order valence-electron chi connectivity index (χ0n) is 10.7. The molecule has 18 heavy (non-hydrogen) atoms. The second-order valence-electron chi connectivity index (χ2n) is 4.87. The molecule has 2 rings (SSSR count). The predicted molar refractivity (Wildman–Crippen MR) is 73.1 cm³/mol. The van der Waals surface area contributed by atoms with Gasteiger partial charge >= 0.3 is 0 Å². The zero-order valence-corrected chi connectivity index (χ0v) is 11.4. The van der Waals surface area contributed by atoms with Crippen molar-refractivity contribution in [1.82, 2.24) is 10.3 Å². The standard InChI is InChI=1S/C13H18ClN3O/c1-8-3-4-9(7-8)16-13(18)12-10(14)5-6-11(15-2)17-12/h5-6,8-9H,3-4,7H2,1-2H3,(H,15,17)(H,16,18). The minimum Gasteiger partial charge on any atom is -0.373 e. The highest BCUT2D eigenvalue weighted by atomic mass is 35.5. The van der Waals surface area contributed by atoms with E-state index in [1.54, 1.807) is 19.2 Å². The number of hydrogen-bond donors (Lipinski definition) is 2. The maximum Gasteiger partial charge on any atom is 0.271 e. The lowest BCUT2D eigenvalue weighted by molar-refractivity contribution is 0.0932. The molecular formula is C13H18ClN3O. The molecule has 1 amide bonds. The molecule has 2 unspecified atom stereocenters. The minimum atomic E-state index is -0.184. The summed E-state index contributed by atoms with van der Waals surface area (Å²) in [6, 6.07) is 3.69. The fraction of sp³-hybridized carbons (Fsp3) is 0.538. The van der Waals surface area contributed by atoms with Crippen molar-refractivity contribution in [2.24, 2.45) is 5.92 Å². The third kappa shape index (κ3) is 2.93. The summed E-state index contributed by atoms with van der Waals surface area (Å²) in [6.07, 6.45) is 3.24. The molecule has 4 nitrogen and oxygen atoms in total. The number of amides is 1. The van der Waals surface area contributed by atoms with Crippen molar-refractivity contribution in [3.63, 3.8) is 0 Å². The SMILES string of the molecule is CNc1ccc(Cl)c(C(=O)NC2CCC(C)C2)n1. The zero-order chi connectivity index (χ0) is 13.1. The number of halogens is 1. The molecule has 1 aromatic heterocycles. The van der Waals surface area contributed by atoms with Crippen LogP contribution in [0.1, 0.15) is 36.7 Å². The van der Waals surface area contributed by atoms with Gasteiger partial charge in [-0.25, -0.2) is 4.98 Å². The van der Waals surface area contributed by atoms with Crippen LogP contribution in [-0.2, 0) is 0 Å². The Bertz CT molecular complexity index is 450. The topological polar surface area (TPSA) is 54.0 Å². The Morgan fingerprint density at radius 2 is 2.22 bits per heavy atom. The fourth-order valence-corrected chi connectivity index (χ4v) is 2.52. The number of nitrogens with zero attached hydrogens (tertiary/aromatic N) is 1. The van der Waals surface area contributed by atoms with Gasteiger partial charge in [0.05, 0.1) is 5.02 Å². The average molecular weight is 268 g/mol. The van der Waals surface area contributed by atoms with Crippen molar-refractivity contribution >= 4 is 23.3 Å². The van der Waals surface area contributed by atoms with Crippen LogP contribution in [0.5, 0.6) is 0 Å². The van der Waals surface area contributed by atoms with Gasteiger partial charge in [-0.3, -0.25) is 4.79 Å². The first-order valence-corrected chi connectivity index (χ1v) is 6.63. The molecule has 1 aliphatic carbocycles. The van der Waals surface area contributed by atoms with E-state index >= 15 is 0 Å². The predicted octanol–water partition coefficient (Wildman–Crippen LogP) is 2.70. The van der Waals surface area contributed by atoms with E-state index in [0.29, 0.717) is 22.5 Å². The Hall–Kier alpha value is -1.29. The molecule has 0 spiro atoms. The summed E-state index contributed by atoms with van der Waals surface area (Å²) in [5.74, 6) is 1.14. The quantitative estimate of drug-likeness (QED) is 0.885. The molecule has 0 bridgehead atoms. The molecule has 0 radical (unpaired) electrons. The summed E-state index contributed by atoms with van der Waals surface area (Å²) in [6.45, 7) is 2.21. The molecular weight excluding hydrogens is 250 g/mol. The Labute approximate surface area is 112 Å². The molecule has 0 aromatic carbocycles. The van der Waals surface area contributed by atoms with Gasteiger partial charge in [0.15, 0.2) is 0 Å². The van der Waals surface area contributed by atoms with Crippen LogP contribution in [-0.4, -0.2) is 24.0 Å². The van der Waals surface area contributed by atoms with Crippen LogP contribution in [0, 0.1) is 5.92 Å². The highest BCUT2D eigenvalue weighted by Gasteiger charge is 2.24. The van der Waals surface area contributed by atoms with Crippen LogP contribution in [0.25, 0.3) is 0 Å². The van der Waals surface area contributed by atoms with E-state index in [0.717, 1.165) is 12.8 Å². The Kier molecular flexibility index (Phi) is 4.07. The van der Waals surface area contributed by atoms with Crippen LogP contribution in [0.4, 0.5) is 5.82 Å². The minimum absolute atomic E-state index is 0.184. The van der Waals surface area contributed by atoms with Crippen LogP contribution >= 0.6 is 11.6 Å². The maximum absolute atomic E-state index is 12.1. The Morgan fingerprint density at radius 3 is 2.83 bits per heavy atom. The van der Waals surface area contributed by atoms with Gasteiger partial charge in [0, 0.05) is 13.1 Å². The van der Waals surface area contributed by atoms with E-state index in [1.807, 2.05) is 0 Å². The van der Waals surface area contributed by atoms with Crippen LogP contribution < -0.4 is 10.6 Å². The van der Waals surface area contributed by atoms with Crippen molar-refractivity contribution in [3.05, 3.63) is 22.8 Å². The molecule has 98 valence electrons. The number of rotatable bonds is 3. The van der Waals surface area contributed by atoms with E-state index in [9.17, 15) is 4.79 Å². The number of aromatic nitrogens is 1. The highest BCUT2D eigenvalue weighted by molar-refractivity contribution is 6.33. The summed E-state index contributed by atoms with van der Waals surface area (Å²) in [5, 5.41) is 6.29. The van der Waals surface area contributed by atoms with Crippen molar-refractivity contribution in [3.8, 4) is 0 Å². The first-order valence-electron chi connectivity index (χ1n) is 6.25. The average Bonchev–Trinajstić information content (AvgIpc) is 2.75. The van der Waals surface area contributed by atoms with Crippen molar-refractivity contribution in [2.45, 2.75) is 32.2 Å². The lowest BCUT2D eigenvalue weighted by atomic mass is 10.1. The summed E-state index contributed by atoms with van der Waals surface area (Å²) >= 11 is 6.01. The van der Waals surface area contributed by atoms with Crippen molar-refractivity contribution in [2.75, 3.05) is 12.4 Å². The monoisotopic (exact) mass is 267 g/mol. The Balaban J connectivity index is 2.08. The second kappa shape index (κ2) is 5.57. The van der Waals surface area contributed by atoms with Crippen molar-refractivity contribution in [1.29, 1.82) is 0 Å². The van der Waals surface area contributed by atoms with E-state index in [-0.39, 0.29) is 11.9 Å². The van der Waals surface area contributed by atoms with Gasteiger partial charge < -0.3 is 10.6 Å². The second-order valence-corrected chi connectivity index (χ2v) is 5.27. The number of nitrogens with one attached hydrogen (secondary N) is 2. The smallest absolute Gasteiger partial charge is 0.271 e. The molecule has 5 heteroatoms. The summed E-state index contributed by atoms with van der Waals surface area (Å²) in [4.78, 5) is 16.3. The van der Waals surface area contributed by atoms with Crippen LogP contribution in [0.15, 0.2) is 12.1 Å². The number of carbonyl (C=O) groups is 1. The van der Waals surface area contributed by atoms with Gasteiger partial charge in [0.2, 0.25) is 0 Å². The molecule has 1 fully saturated rings. The van der Waals surface area contributed by atoms with E-state index < -0.39 is 0 Å². The number of anilines is 1. The molecule has 1 heterocycles. The lowest BCUT2D eigenvalue weighted by Crippen LogP contribution is -2.33. The lowest BCUT2D eigenvalue weighted by Gasteiger charge is -2.13. The van der Waals surface area contributed by atoms with Crippen LogP contribution in [0.2, 0.25) is 5.02 Å². The molecule has 1 aliphatic rings. The molecule has 1 aromatic rings. The van der Waals surface area contributed by atoms with E-state index in [4.69, 9.17) is 11.6 Å². The molecule has 2 N–H and O–H groups in total. The van der Waals surface area contributed by atoms with Gasteiger partial charge in [0.1, 0.15) is 11.5 Å². The van der Waals surface area contributed by atoms with Gasteiger partial charge in [-0.15, -0.1) is 0 Å². The first kappa shape index (κ1) is 13.1. The van der Waals surface area contributed by atoms with Gasteiger partial charge in [-0.05, 0) is 37.3 Å². The fourth-order valence-electron chi connectivity index (χ4n) is 2.33. The largest absolute Gasteiger partial charge is 0.373 e. The van der Waals surface area contributed by atoms with Gasteiger partial charge in [0.25, 0.3) is 5.91 Å². The number of carbonyl (C=O) groups excluding carboxylic acids is 1. The molecule has 0 aliphatic heterocycles. The van der Waals surface area contributed by atoms with E-state index in [2.05, 4.69) is 22.5 Å². The summed E-state index contributed by atoms with van der Waals surface area (Å²) in [7, 11) is 1.76. The summed E-state index contributed by atoms with van der Waals surface area (Å²) < 4.78 is 0. The molecule has 1 saturated carbocycles. The highest BCUT2D eigenvalue weighted by Crippen LogP contribution is 2.25. The Morgan fingerprint density at radius 1 is 1.44 bits per heavy atom. The van der Waals surface area contributed by atoms with Gasteiger partial charge in [-0.1, -0.05) is 18.5 Å². The first-order chi connectivity index (χ1) is 8.60. The third-order valence-corrected chi connectivity index (χ3v) is 3.65. The maximum atomic E-state index is 12.1. The number of hydrogen-bond acceptors (Lipinski definition) is 3. The van der Waals surface area contributed by atoms with Crippen LogP contribution in [0.3, 0.4) is 0 Å².